The molecule has 3 heteroatoms. The molecule has 2 rings (SSSR count). The SMILES string of the molecule is C=C1CC(N2CCCCC2)OC1=O. The molecule has 2 aliphatic heterocycles. The van der Waals surface area contributed by atoms with E-state index in [4.69, 9.17) is 4.74 Å². The first-order valence-electron chi connectivity index (χ1n) is 4.90. The van der Waals surface area contributed by atoms with E-state index in [-0.39, 0.29) is 12.2 Å². The molecule has 0 N–H and O–H groups in total. The third kappa shape index (κ3) is 1.75. The molecule has 2 aliphatic rings. The molecular weight excluding hydrogens is 166 g/mol. The first-order valence-corrected chi connectivity index (χ1v) is 4.90. The number of carbonyl (C=O) groups excluding carboxylic acids is 1. The Labute approximate surface area is 78.4 Å². The maximum Gasteiger partial charge on any atom is 0.335 e. The molecule has 0 aromatic heterocycles. The zero-order valence-corrected chi connectivity index (χ0v) is 7.79. The van der Waals surface area contributed by atoms with Crippen molar-refractivity contribution in [1.82, 2.24) is 4.90 Å². The van der Waals surface area contributed by atoms with E-state index >= 15 is 0 Å². The number of hydrogen-bond acceptors (Lipinski definition) is 3. The molecule has 0 aliphatic carbocycles. The van der Waals surface area contributed by atoms with Gasteiger partial charge in [-0.2, -0.15) is 0 Å². The largest absolute Gasteiger partial charge is 0.443 e. The van der Waals surface area contributed by atoms with Crippen LogP contribution in [0.15, 0.2) is 12.2 Å². The number of cyclic esters (lactones) is 1. The van der Waals surface area contributed by atoms with Crippen molar-refractivity contribution in [1.29, 1.82) is 0 Å². The summed E-state index contributed by atoms with van der Waals surface area (Å²) in [5, 5.41) is 0. The van der Waals surface area contributed by atoms with Gasteiger partial charge in [-0.3, -0.25) is 4.90 Å². The van der Waals surface area contributed by atoms with Crippen molar-refractivity contribution in [2.75, 3.05) is 13.1 Å². The topological polar surface area (TPSA) is 29.5 Å². The van der Waals surface area contributed by atoms with E-state index in [1.54, 1.807) is 0 Å². The van der Waals surface area contributed by atoms with Gasteiger partial charge in [-0.05, 0) is 12.8 Å². The molecular formula is C10H15NO2. The smallest absolute Gasteiger partial charge is 0.335 e. The van der Waals surface area contributed by atoms with Gasteiger partial charge in [-0.25, -0.2) is 4.79 Å². The number of nitrogens with zero attached hydrogens (tertiary/aromatic N) is 1. The summed E-state index contributed by atoms with van der Waals surface area (Å²) in [6, 6.07) is 0. The lowest BCUT2D eigenvalue weighted by atomic mass is 10.1. The van der Waals surface area contributed by atoms with Crippen molar-refractivity contribution < 1.29 is 9.53 Å². The molecule has 72 valence electrons. The lowest BCUT2D eigenvalue weighted by Crippen LogP contribution is -2.38. The minimum absolute atomic E-state index is 0.0136. The maximum atomic E-state index is 11.1. The number of esters is 1. The molecule has 2 saturated heterocycles. The van der Waals surface area contributed by atoms with Gasteiger partial charge in [0.05, 0.1) is 0 Å². The highest BCUT2D eigenvalue weighted by Gasteiger charge is 2.32. The Morgan fingerprint density at radius 1 is 1.31 bits per heavy atom. The molecule has 1 atom stereocenters. The van der Waals surface area contributed by atoms with Crippen LogP contribution in [0.25, 0.3) is 0 Å². The number of ether oxygens (including phenoxy) is 1. The van der Waals surface area contributed by atoms with Crippen LogP contribution in [0.3, 0.4) is 0 Å². The second-order valence-corrected chi connectivity index (χ2v) is 3.76. The van der Waals surface area contributed by atoms with Crippen molar-refractivity contribution in [3.63, 3.8) is 0 Å². The average molecular weight is 181 g/mol. The molecule has 0 aromatic carbocycles. The van der Waals surface area contributed by atoms with Crippen LogP contribution >= 0.6 is 0 Å². The van der Waals surface area contributed by atoms with Crippen molar-refractivity contribution >= 4 is 5.97 Å². The predicted octanol–water partition coefficient (Wildman–Crippen LogP) is 1.30. The molecule has 2 heterocycles. The third-order valence-electron chi connectivity index (χ3n) is 2.75. The molecule has 2 fully saturated rings. The van der Waals surface area contributed by atoms with Gasteiger partial charge in [0, 0.05) is 25.1 Å². The maximum absolute atomic E-state index is 11.1. The lowest BCUT2D eigenvalue weighted by Gasteiger charge is -2.30. The molecule has 0 amide bonds. The Morgan fingerprint density at radius 2 is 2.00 bits per heavy atom. The Morgan fingerprint density at radius 3 is 2.54 bits per heavy atom. The van der Waals surface area contributed by atoms with Crippen LogP contribution in [0.5, 0.6) is 0 Å². The summed E-state index contributed by atoms with van der Waals surface area (Å²) in [4.78, 5) is 13.3. The van der Waals surface area contributed by atoms with Gasteiger partial charge in [0.25, 0.3) is 0 Å². The summed E-state index contributed by atoms with van der Waals surface area (Å²) < 4.78 is 5.20. The zero-order valence-electron chi connectivity index (χ0n) is 7.79. The first-order chi connectivity index (χ1) is 6.27. The fourth-order valence-electron chi connectivity index (χ4n) is 1.95. The Hall–Kier alpha value is -0.830. The number of rotatable bonds is 1. The monoisotopic (exact) mass is 181 g/mol. The minimum atomic E-state index is -0.212. The number of likely N-dealkylation sites (tertiary alicyclic amines) is 1. The summed E-state index contributed by atoms with van der Waals surface area (Å²) in [5.41, 5.74) is 0.621. The van der Waals surface area contributed by atoms with E-state index in [0.717, 1.165) is 13.1 Å². The lowest BCUT2D eigenvalue weighted by molar-refractivity contribution is -0.146. The summed E-state index contributed by atoms with van der Waals surface area (Å²) in [7, 11) is 0. The molecule has 0 saturated carbocycles. The van der Waals surface area contributed by atoms with Gasteiger partial charge in [-0.1, -0.05) is 13.0 Å². The minimum Gasteiger partial charge on any atom is -0.443 e. The normalized spacial score (nSPS) is 30.6. The van der Waals surface area contributed by atoms with E-state index < -0.39 is 0 Å². The van der Waals surface area contributed by atoms with Crippen molar-refractivity contribution in [2.24, 2.45) is 0 Å². The van der Waals surface area contributed by atoms with Gasteiger partial charge in [0.1, 0.15) is 0 Å². The molecule has 0 aromatic rings. The number of hydrogen-bond donors (Lipinski definition) is 0. The molecule has 0 spiro atoms. The van der Waals surface area contributed by atoms with E-state index in [1.807, 2.05) is 0 Å². The molecule has 13 heavy (non-hydrogen) atoms. The molecule has 3 nitrogen and oxygen atoms in total. The van der Waals surface area contributed by atoms with Crippen molar-refractivity contribution in [3.05, 3.63) is 12.2 Å². The van der Waals surface area contributed by atoms with E-state index in [9.17, 15) is 4.79 Å². The van der Waals surface area contributed by atoms with Crippen LogP contribution in [0, 0.1) is 0 Å². The summed E-state index contributed by atoms with van der Waals surface area (Å²) in [6.07, 6.45) is 4.43. The van der Waals surface area contributed by atoms with Crippen molar-refractivity contribution in [3.8, 4) is 0 Å². The Bertz CT molecular complexity index is 215. The second kappa shape index (κ2) is 3.50. The highest BCUT2D eigenvalue weighted by Crippen LogP contribution is 2.24. The van der Waals surface area contributed by atoms with Crippen molar-refractivity contribution in [2.45, 2.75) is 31.9 Å². The zero-order chi connectivity index (χ0) is 9.26. The summed E-state index contributed by atoms with van der Waals surface area (Å²) >= 11 is 0. The highest BCUT2D eigenvalue weighted by molar-refractivity contribution is 5.89. The standard InChI is InChI=1S/C10H15NO2/c1-8-7-9(13-10(8)12)11-5-3-2-4-6-11/h9H,1-7H2. The van der Waals surface area contributed by atoms with Crippen LogP contribution in [0.4, 0.5) is 0 Å². The van der Waals surface area contributed by atoms with E-state index in [2.05, 4.69) is 11.5 Å². The third-order valence-corrected chi connectivity index (χ3v) is 2.75. The predicted molar refractivity (Wildman–Crippen MR) is 49.1 cm³/mol. The fourth-order valence-corrected chi connectivity index (χ4v) is 1.95. The van der Waals surface area contributed by atoms with Crippen LogP contribution in [-0.2, 0) is 9.53 Å². The van der Waals surface area contributed by atoms with Gasteiger partial charge in [0.2, 0.25) is 0 Å². The van der Waals surface area contributed by atoms with Gasteiger partial charge in [0.15, 0.2) is 6.23 Å². The molecule has 0 bridgehead atoms. The van der Waals surface area contributed by atoms with Gasteiger partial charge < -0.3 is 4.74 Å². The van der Waals surface area contributed by atoms with E-state index in [1.165, 1.54) is 19.3 Å². The average Bonchev–Trinajstić information content (AvgIpc) is 2.49. The van der Waals surface area contributed by atoms with Crippen LogP contribution in [0.1, 0.15) is 25.7 Å². The molecule has 0 radical (unpaired) electrons. The van der Waals surface area contributed by atoms with Gasteiger partial charge in [-0.15, -0.1) is 0 Å². The van der Waals surface area contributed by atoms with Crippen LogP contribution in [0.2, 0.25) is 0 Å². The summed E-state index contributed by atoms with van der Waals surface area (Å²) in [6.45, 7) is 5.80. The Kier molecular flexibility index (Phi) is 2.36. The van der Waals surface area contributed by atoms with Gasteiger partial charge >= 0.3 is 5.97 Å². The quantitative estimate of drug-likeness (QED) is 0.451. The van der Waals surface area contributed by atoms with Crippen LogP contribution < -0.4 is 0 Å². The summed E-state index contributed by atoms with van der Waals surface area (Å²) in [5.74, 6) is -0.212. The molecule has 1 unspecified atom stereocenters. The number of carbonyl (C=O) groups is 1. The second-order valence-electron chi connectivity index (χ2n) is 3.76. The fraction of sp³-hybridized carbons (Fsp3) is 0.700. The van der Waals surface area contributed by atoms with Crippen LogP contribution in [-0.4, -0.2) is 30.2 Å². The first kappa shape index (κ1) is 8.75. The highest BCUT2D eigenvalue weighted by atomic mass is 16.6. The Balaban J connectivity index is 1.94. The number of piperidine rings is 1. The van der Waals surface area contributed by atoms with E-state index in [0.29, 0.717) is 12.0 Å².